The van der Waals surface area contributed by atoms with Crippen molar-refractivity contribution in [1.29, 1.82) is 0 Å². The Morgan fingerprint density at radius 1 is 0.962 bits per heavy atom. The summed E-state index contributed by atoms with van der Waals surface area (Å²) in [5, 5.41) is 1.90. The lowest BCUT2D eigenvalue weighted by molar-refractivity contribution is 0.622. The van der Waals surface area contributed by atoms with E-state index >= 15 is 0 Å². The molecular weight excluding hydrogens is 353 g/mol. The number of thiophene rings is 1. The maximum Gasteiger partial charge on any atom is 0.332 e. The van der Waals surface area contributed by atoms with Crippen molar-refractivity contribution in [3.63, 3.8) is 0 Å². The lowest BCUT2D eigenvalue weighted by atomic mass is 10.2. The van der Waals surface area contributed by atoms with Crippen LogP contribution in [0, 0.1) is 5.82 Å². The van der Waals surface area contributed by atoms with Crippen LogP contribution >= 0.6 is 11.3 Å². The summed E-state index contributed by atoms with van der Waals surface area (Å²) >= 11 is 1.48. The molecule has 0 radical (unpaired) electrons. The molecule has 0 saturated heterocycles. The van der Waals surface area contributed by atoms with E-state index in [1.165, 1.54) is 38.8 Å². The summed E-state index contributed by atoms with van der Waals surface area (Å²) < 4.78 is 15.9. The first-order chi connectivity index (χ1) is 12.6. The third kappa shape index (κ3) is 2.97. The minimum atomic E-state index is -0.409. The topological polar surface area (TPSA) is 56.9 Å². The Labute approximate surface area is 151 Å². The Morgan fingerprint density at radius 2 is 1.77 bits per heavy atom. The Balaban J connectivity index is 1.91. The summed E-state index contributed by atoms with van der Waals surface area (Å²) in [4.78, 5) is 30.9. The van der Waals surface area contributed by atoms with Crippen LogP contribution in [-0.2, 0) is 13.1 Å². The number of fused-ring (bicyclic) bond motifs is 1. The molecule has 0 saturated carbocycles. The fourth-order valence-corrected chi connectivity index (χ4v) is 3.56. The highest BCUT2D eigenvalue weighted by atomic mass is 32.1. The number of halogens is 1. The van der Waals surface area contributed by atoms with Crippen molar-refractivity contribution >= 4 is 22.4 Å². The fourth-order valence-electron chi connectivity index (χ4n) is 2.87. The monoisotopic (exact) mass is 367 g/mol. The van der Waals surface area contributed by atoms with Gasteiger partial charge in [0.15, 0.2) is 5.52 Å². The van der Waals surface area contributed by atoms with Crippen LogP contribution in [0.4, 0.5) is 4.39 Å². The van der Waals surface area contributed by atoms with Crippen LogP contribution in [0.1, 0.15) is 10.4 Å². The molecule has 7 heteroatoms. The summed E-state index contributed by atoms with van der Waals surface area (Å²) in [6.45, 7) is 0.428. The zero-order valence-electron chi connectivity index (χ0n) is 13.6. The number of nitrogens with zero attached hydrogens (tertiary/aromatic N) is 3. The average molecular weight is 367 g/mol. The molecule has 3 heterocycles. The Morgan fingerprint density at radius 3 is 2.50 bits per heavy atom. The van der Waals surface area contributed by atoms with Gasteiger partial charge in [0.1, 0.15) is 5.82 Å². The number of aromatic nitrogens is 3. The van der Waals surface area contributed by atoms with Crippen molar-refractivity contribution in [2.75, 3.05) is 0 Å². The molecule has 0 N–H and O–H groups in total. The predicted molar refractivity (Wildman–Crippen MR) is 99.2 cm³/mol. The van der Waals surface area contributed by atoms with Gasteiger partial charge < -0.3 is 0 Å². The van der Waals surface area contributed by atoms with Crippen LogP contribution in [0.2, 0.25) is 0 Å². The first kappa shape index (κ1) is 16.4. The van der Waals surface area contributed by atoms with Gasteiger partial charge in [0.25, 0.3) is 5.56 Å². The molecular formula is C19H14FN3O2S. The van der Waals surface area contributed by atoms with Crippen LogP contribution in [0.5, 0.6) is 0 Å². The number of hydrogen-bond acceptors (Lipinski definition) is 4. The number of benzene rings is 1. The molecule has 26 heavy (non-hydrogen) atoms. The minimum absolute atomic E-state index is 0.200. The van der Waals surface area contributed by atoms with E-state index in [0.29, 0.717) is 5.52 Å². The number of pyridine rings is 1. The second-order valence-electron chi connectivity index (χ2n) is 5.84. The van der Waals surface area contributed by atoms with Gasteiger partial charge in [-0.25, -0.2) is 14.2 Å². The lowest BCUT2D eigenvalue weighted by Gasteiger charge is -2.13. The van der Waals surface area contributed by atoms with Crippen molar-refractivity contribution in [3.8, 4) is 0 Å². The molecule has 130 valence electrons. The van der Waals surface area contributed by atoms with E-state index in [1.807, 2.05) is 17.5 Å². The first-order valence-electron chi connectivity index (χ1n) is 7.98. The van der Waals surface area contributed by atoms with E-state index in [4.69, 9.17) is 0 Å². The summed E-state index contributed by atoms with van der Waals surface area (Å²) in [6.07, 6.45) is 1.53. The number of rotatable bonds is 4. The van der Waals surface area contributed by atoms with Crippen molar-refractivity contribution in [1.82, 2.24) is 14.1 Å². The van der Waals surface area contributed by atoms with Crippen LogP contribution in [-0.4, -0.2) is 14.1 Å². The van der Waals surface area contributed by atoms with Crippen molar-refractivity contribution in [2.45, 2.75) is 13.1 Å². The number of hydrogen-bond donors (Lipinski definition) is 0. The molecule has 0 aliphatic carbocycles. The van der Waals surface area contributed by atoms with Crippen molar-refractivity contribution in [2.24, 2.45) is 0 Å². The summed E-state index contributed by atoms with van der Waals surface area (Å²) in [5.74, 6) is -0.338. The standard InChI is InChI=1S/C19H14FN3O2S/c20-14-7-5-13(6-8-14)11-22-16-4-1-9-21-17(16)18(24)23(19(22)25)12-15-3-2-10-26-15/h1-10H,11-12H2. The fraction of sp³-hybridized carbons (Fsp3) is 0.105. The van der Waals surface area contributed by atoms with Gasteiger partial charge in [-0.2, -0.15) is 0 Å². The van der Waals surface area contributed by atoms with Gasteiger partial charge in [0, 0.05) is 11.1 Å². The van der Waals surface area contributed by atoms with E-state index in [2.05, 4.69) is 4.98 Å². The van der Waals surface area contributed by atoms with Gasteiger partial charge in [-0.15, -0.1) is 11.3 Å². The lowest BCUT2D eigenvalue weighted by Crippen LogP contribution is -2.40. The maximum atomic E-state index is 13.2. The van der Waals surface area contributed by atoms with Crippen LogP contribution in [0.3, 0.4) is 0 Å². The van der Waals surface area contributed by atoms with Gasteiger partial charge in [-0.3, -0.25) is 13.9 Å². The van der Waals surface area contributed by atoms with Gasteiger partial charge in [0.05, 0.1) is 18.6 Å². The van der Waals surface area contributed by atoms with Crippen LogP contribution < -0.4 is 11.2 Å². The molecule has 0 unspecified atom stereocenters. The Hall–Kier alpha value is -3.06. The maximum absolute atomic E-state index is 13.2. The summed E-state index contributed by atoms with van der Waals surface area (Å²) in [7, 11) is 0. The van der Waals surface area contributed by atoms with Crippen LogP contribution in [0.25, 0.3) is 11.0 Å². The molecule has 1 aromatic carbocycles. The van der Waals surface area contributed by atoms with Gasteiger partial charge in [0.2, 0.25) is 0 Å². The zero-order valence-corrected chi connectivity index (χ0v) is 14.4. The van der Waals surface area contributed by atoms with Gasteiger partial charge in [-0.1, -0.05) is 18.2 Å². The largest absolute Gasteiger partial charge is 0.332 e. The Kier molecular flexibility index (Phi) is 4.22. The molecule has 4 rings (SSSR count). The van der Waals surface area contributed by atoms with Crippen molar-refractivity contribution in [3.05, 3.63) is 97.2 Å². The molecule has 3 aromatic heterocycles. The summed E-state index contributed by atoms with van der Waals surface area (Å²) in [5.41, 5.74) is 0.655. The smallest absolute Gasteiger partial charge is 0.287 e. The SMILES string of the molecule is O=c1c2ncccc2n(Cc2ccc(F)cc2)c(=O)n1Cc1cccs1. The first-order valence-corrected chi connectivity index (χ1v) is 8.86. The average Bonchev–Trinajstić information content (AvgIpc) is 3.17. The molecule has 0 bridgehead atoms. The summed E-state index contributed by atoms with van der Waals surface area (Å²) in [6, 6.07) is 13.1. The Bertz CT molecular complexity index is 1180. The zero-order chi connectivity index (χ0) is 18.1. The van der Waals surface area contributed by atoms with E-state index < -0.39 is 11.2 Å². The highest BCUT2D eigenvalue weighted by Crippen LogP contribution is 2.12. The highest BCUT2D eigenvalue weighted by molar-refractivity contribution is 7.09. The second kappa shape index (κ2) is 6.68. The van der Waals surface area contributed by atoms with Crippen molar-refractivity contribution < 1.29 is 4.39 Å². The molecule has 0 aliphatic rings. The third-order valence-corrected chi connectivity index (χ3v) is 5.00. The van der Waals surface area contributed by atoms with Gasteiger partial charge >= 0.3 is 5.69 Å². The van der Waals surface area contributed by atoms with E-state index in [0.717, 1.165) is 10.4 Å². The van der Waals surface area contributed by atoms with E-state index in [9.17, 15) is 14.0 Å². The van der Waals surface area contributed by atoms with Crippen LogP contribution in [0.15, 0.2) is 69.7 Å². The normalized spacial score (nSPS) is 11.1. The molecule has 0 atom stereocenters. The highest BCUT2D eigenvalue weighted by Gasteiger charge is 2.15. The predicted octanol–water partition coefficient (Wildman–Crippen LogP) is 2.86. The third-order valence-electron chi connectivity index (χ3n) is 4.13. The molecule has 5 nitrogen and oxygen atoms in total. The second-order valence-corrected chi connectivity index (χ2v) is 6.87. The molecule has 0 fully saturated rings. The van der Waals surface area contributed by atoms with Gasteiger partial charge in [-0.05, 0) is 41.3 Å². The quantitative estimate of drug-likeness (QED) is 0.557. The molecule has 4 aromatic rings. The molecule has 0 spiro atoms. The van der Waals surface area contributed by atoms with E-state index in [1.54, 1.807) is 24.3 Å². The molecule has 0 aliphatic heterocycles. The minimum Gasteiger partial charge on any atom is -0.287 e. The molecule has 0 amide bonds. The van der Waals surface area contributed by atoms with E-state index in [-0.39, 0.29) is 24.4 Å².